The number of carbonyl (C=O) groups excluding carboxylic acids is 1. The van der Waals surface area contributed by atoms with Crippen molar-refractivity contribution < 1.29 is 9.32 Å². The number of rotatable bonds is 4. The van der Waals surface area contributed by atoms with Crippen LogP contribution in [0, 0.1) is 13.8 Å². The molecule has 0 bridgehead atoms. The molecule has 0 unspecified atom stereocenters. The van der Waals surface area contributed by atoms with E-state index in [-0.39, 0.29) is 6.03 Å². The molecule has 2 aromatic carbocycles. The van der Waals surface area contributed by atoms with Gasteiger partial charge >= 0.3 is 6.03 Å². The molecule has 1 saturated heterocycles. The largest absolute Gasteiger partial charge is 0.368 e. The molecule has 7 nitrogen and oxygen atoms in total. The van der Waals surface area contributed by atoms with Crippen molar-refractivity contribution in [2.75, 3.05) is 37.6 Å². The number of anilines is 1. The third-order valence-electron chi connectivity index (χ3n) is 5.28. The van der Waals surface area contributed by atoms with Crippen molar-refractivity contribution in [2.24, 2.45) is 0 Å². The van der Waals surface area contributed by atoms with E-state index < -0.39 is 0 Å². The number of aromatic nitrogens is 2. The van der Waals surface area contributed by atoms with Crippen LogP contribution in [0.15, 0.2) is 47.0 Å². The Morgan fingerprint density at radius 1 is 1.00 bits per heavy atom. The van der Waals surface area contributed by atoms with E-state index >= 15 is 0 Å². The number of hydrogen-bond acceptors (Lipinski definition) is 5. The number of urea groups is 1. The Morgan fingerprint density at radius 2 is 1.67 bits per heavy atom. The summed E-state index contributed by atoms with van der Waals surface area (Å²) >= 11 is 0. The molecule has 3 aromatic rings. The second-order valence-corrected chi connectivity index (χ2v) is 7.66. The Bertz CT molecular complexity index is 1000. The van der Waals surface area contributed by atoms with Gasteiger partial charge in [-0.3, -0.25) is 0 Å². The molecule has 0 saturated carbocycles. The van der Waals surface area contributed by atoms with Crippen molar-refractivity contribution in [1.29, 1.82) is 0 Å². The standard InChI is InChI=1S/C23H27N5O2/c1-4-24-23(29)28-11-9-27(10-12-28)20-7-5-18(6-8-20)21-25-22(30-26-21)19-14-16(2)13-17(3)15-19/h5-8,13-15H,4,9-12H2,1-3H3,(H,24,29). The van der Waals surface area contributed by atoms with Gasteiger partial charge in [0.1, 0.15) is 0 Å². The van der Waals surface area contributed by atoms with Gasteiger partial charge in [-0.05, 0) is 57.2 Å². The van der Waals surface area contributed by atoms with Crippen molar-refractivity contribution >= 4 is 11.7 Å². The highest BCUT2D eigenvalue weighted by atomic mass is 16.5. The molecule has 156 valence electrons. The van der Waals surface area contributed by atoms with E-state index in [1.54, 1.807) is 0 Å². The summed E-state index contributed by atoms with van der Waals surface area (Å²) in [7, 11) is 0. The van der Waals surface area contributed by atoms with Gasteiger partial charge in [0.2, 0.25) is 5.82 Å². The lowest BCUT2D eigenvalue weighted by atomic mass is 10.1. The first-order valence-corrected chi connectivity index (χ1v) is 10.3. The van der Waals surface area contributed by atoms with Crippen LogP contribution in [0.4, 0.5) is 10.5 Å². The van der Waals surface area contributed by atoms with Gasteiger partial charge in [-0.15, -0.1) is 0 Å². The summed E-state index contributed by atoms with van der Waals surface area (Å²) in [5.74, 6) is 1.11. The maximum absolute atomic E-state index is 12.0. The van der Waals surface area contributed by atoms with Crippen LogP contribution in [0.2, 0.25) is 0 Å². The number of aryl methyl sites for hydroxylation is 2. The molecule has 0 atom stereocenters. The van der Waals surface area contributed by atoms with E-state index in [4.69, 9.17) is 4.52 Å². The lowest BCUT2D eigenvalue weighted by Gasteiger charge is -2.36. The van der Waals surface area contributed by atoms with Crippen molar-refractivity contribution in [3.63, 3.8) is 0 Å². The fourth-order valence-corrected chi connectivity index (χ4v) is 3.81. The molecule has 4 rings (SSSR count). The van der Waals surface area contributed by atoms with Crippen molar-refractivity contribution in [1.82, 2.24) is 20.4 Å². The van der Waals surface area contributed by atoms with Crippen molar-refractivity contribution in [2.45, 2.75) is 20.8 Å². The molecule has 0 radical (unpaired) electrons. The summed E-state index contributed by atoms with van der Waals surface area (Å²) in [6.07, 6.45) is 0. The number of amides is 2. The van der Waals surface area contributed by atoms with Gasteiger partial charge in [0.15, 0.2) is 0 Å². The molecule has 0 spiro atoms. The molecule has 1 aliphatic heterocycles. The van der Waals surface area contributed by atoms with E-state index in [9.17, 15) is 4.79 Å². The fraction of sp³-hybridized carbons (Fsp3) is 0.348. The molecule has 7 heteroatoms. The number of benzene rings is 2. The number of nitrogens with zero attached hydrogens (tertiary/aromatic N) is 4. The van der Waals surface area contributed by atoms with E-state index in [2.05, 4.69) is 52.4 Å². The second-order valence-electron chi connectivity index (χ2n) is 7.66. The molecule has 2 amide bonds. The molecular weight excluding hydrogens is 378 g/mol. The monoisotopic (exact) mass is 405 g/mol. The quantitative estimate of drug-likeness (QED) is 0.713. The predicted octanol–water partition coefficient (Wildman–Crippen LogP) is 3.87. The minimum Gasteiger partial charge on any atom is -0.368 e. The van der Waals surface area contributed by atoms with Gasteiger partial charge < -0.3 is 19.6 Å². The van der Waals surface area contributed by atoms with E-state index in [1.165, 1.54) is 11.1 Å². The first-order chi connectivity index (χ1) is 14.5. The summed E-state index contributed by atoms with van der Waals surface area (Å²) in [5.41, 5.74) is 5.32. The van der Waals surface area contributed by atoms with Crippen LogP contribution < -0.4 is 10.2 Å². The fourth-order valence-electron chi connectivity index (χ4n) is 3.81. The molecule has 2 heterocycles. The SMILES string of the molecule is CCNC(=O)N1CCN(c2ccc(-c3noc(-c4cc(C)cc(C)c4)n3)cc2)CC1. The molecule has 1 aromatic heterocycles. The van der Waals surface area contributed by atoms with E-state index in [0.717, 1.165) is 43.0 Å². The Hall–Kier alpha value is -3.35. The average molecular weight is 406 g/mol. The topological polar surface area (TPSA) is 74.5 Å². The zero-order chi connectivity index (χ0) is 21.1. The maximum atomic E-state index is 12.0. The number of carbonyl (C=O) groups is 1. The van der Waals surface area contributed by atoms with E-state index in [1.807, 2.05) is 36.1 Å². The number of hydrogen-bond donors (Lipinski definition) is 1. The maximum Gasteiger partial charge on any atom is 0.317 e. The zero-order valence-electron chi connectivity index (χ0n) is 17.7. The Balaban J connectivity index is 1.43. The van der Waals surface area contributed by atoms with Crippen LogP contribution >= 0.6 is 0 Å². The Morgan fingerprint density at radius 3 is 2.30 bits per heavy atom. The van der Waals surface area contributed by atoms with E-state index in [0.29, 0.717) is 18.3 Å². The van der Waals surface area contributed by atoms with Gasteiger partial charge in [0.05, 0.1) is 0 Å². The number of piperazine rings is 1. The molecule has 1 fully saturated rings. The molecule has 1 N–H and O–H groups in total. The Kier molecular flexibility index (Phi) is 5.70. The molecule has 0 aliphatic carbocycles. The highest BCUT2D eigenvalue weighted by Gasteiger charge is 2.21. The van der Waals surface area contributed by atoms with Crippen LogP contribution in [0.3, 0.4) is 0 Å². The second kappa shape index (κ2) is 8.57. The summed E-state index contributed by atoms with van der Waals surface area (Å²) in [4.78, 5) is 20.7. The average Bonchev–Trinajstić information content (AvgIpc) is 3.24. The number of nitrogens with one attached hydrogen (secondary N) is 1. The summed E-state index contributed by atoms with van der Waals surface area (Å²) in [5, 5.41) is 7.02. The third-order valence-corrected chi connectivity index (χ3v) is 5.28. The Labute approximate surface area is 176 Å². The van der Waals surface area contributed by atoms with Gasteiger partial charge in [-0.2, -0.15) is 4.98 Å². The summed E-state index contributed by atoms with van der Waals surface area (Å²) in [6.45, 7) is 9.78. The van der Waals surface area contributed by atoms with Crippen molar-refractivity contribution in [3.8, 4) is 22.8 Å². The summed E-state index contributed by atoms with van der Waals surface area (Å²) < 4.78 is 5.50. The lowest BCUT2D eigenvalue weighted by molar-refractivity contribution is 0.195. The molecule has 30 heavy (non-hydrogen) atoms. The van der Waals surface area contributed by atoms with Crippen LogP contribution in [0.1, 0.15) is 18.1 Å². The first kappa shape index (κ1) is 19.9. The van der Waals surface area contributed by atoms with Crippen LogP contribution in [0.5, 0.6) is 0 Å². The molecular formula is C23H27N5O2. The molecule has 1 aliphatic rings. The highest BCUT2D eigenvalue weighted by molar-refractivity contribution is 5.74. The van der Waals surface area contributed by atoms with Gasteiger partial charge in [0, 0.05) is 49.5 Å². The normalized spacial score (nSPS) is 14.1. The van der Waals surface area contributed by atoms with Gasteiger partial charge in [0.25, 0.3) is 5.89 Å². The van der Waals surface area contributed by atoms with Crippen LogP contribution in [-0.2, 0) is 0 Å². The van der Waals surface area contributed by atoms with Gasteiger partial charge in [-0.1, -0.05) is 22.3 Å². The minimum absolute atomic E-state index is 0.0178. The highest BCUT2D eigenvalue weighted by Crippen LogP contribution is 2.26. The van der Waals surface area contributed by atoms with Crippen molar-refractivity contribution in [3.05, 3.63) is 53.6 Å². The third kappa shape index (κ3) is 4.30. The van der Waals surface area contributed by atoms with Crippen LogP contribution in [-0.4, -0.2) is 53.8 Å². The predicted molar refractivity (Wildman–Crippen MR) is 118 cm³/mol. The summed E-state index contributed by atoms with van der Waals surface area (Å²) in [6, 6.07) is 14.4. The van der Waals surface area contributed by atoms with Gasteiger partial charge in [-0.25, -0.2) is 4.79 Å². The van der Waals surface area contributed by atoms with Crippen LogP contribution in [0.25, 0.3) is 22.8 Å². The smallest absolute Gasteiger partial charge is 0.317 e. The zero-order valence-corrected chi connectivity index (χ0v) is 17.7. The minimum atomic E-state index is 0.0178. The lowest BCUT2D eigenvalue weighted by Crippen LogP contribution is -2.51. The first-order valence-electron chi connectivity index (χ1n) is 10.3.